The average molecular weight is 217 g/mol. The Labute approximate surface area is 99.0 Å². The van der Waals surface area contributed by atoms with Gasteiger partial charge in [-0.25, -0.2) is 0 Å². The van der Waals surface area contributed by atoms with Gasteiger partial charge in [-0.2, -0.15) is 0 Å². The molecule has 0 radical (unpaired) electrons. The van der Waals surface area contributed by atoms with E-state index in [1.165, 1.54) is 42.4 Å². The number of nitrogens with two attached hydrogens (primary N) is 1. The van der Waals surface area contributed by atoms with Gasteiger partial charge in [-0.05, 0) is 43.7 Å². The van der Waals surface area contributed by atoms with Gasteiger partial charge in [-0.1, -0.05) is 43.0 Å². The quantitative estimate of drug-likeness (QED) is 0.822. The number of hydrogen-bond donors (Lipinski definition) is 1. The van der Waals surface area contributed by atoms with Gasteiger partial charge in [0.05, 0.1) is 0 Å². The minimum atomic E-state index is 0.353. The number of rotatable bonds is 4. The molecule has 1 saturated carbocycles. The lowest BCUT2D eigenvalue weighted by Gasteiger charge is -2.28. The van der Waals surface area contributed by atoms with Gasteiger partial charge >= 0.3 is 0 Å². The summed E-state index contributed by atoms with van der Waals surface area (Å²) in [6, 6.07) is 7.03. The Hall–Kier alpha value is -0.820. The second kappa shape index (κ2) is 5.01. The smallest absolute Gasteiger partial charge is 0.00820 e. The molecule has 0 amide bonds. The summed E-state index contributed by atoms with van der Waals surface area (Å²) in [6.07, 6.45) is 6.49. The fraction of sp³-hybridized carbons (Fsp3) is 0.600. The predicted octanol–water partition coefficient (Wildman–Crippen LogP) is 3.36. The van der Waals surface area contributed by atoms with E-state index in [9.17, 15) is 0 Å². The van der Waals surface area contributed by atoms with E-state index in [2.05, 4.69) is 32.0 Å². The largest absolute Gasteiger partial charge is 0.327 e. The summed E-state index contributed by atoms with van der Waals surface area (Å²) in [6.45, 7) is 4.34. The predicted molar refractivity (Wildman–Crippen MR) is 69.6 cm³/mol. The van der Waals surface area contributed by atoms with Crippen molar-refractivity contribution in [1.82, 2.24) is 0 Å². The molecule has 1 aliphatic carbocycles. The third kappa shape index (κ3) is 2.85. The molecule has 1 nitrogen and oxygen atoms in total. The molecule has 1 atom stereocenters. The van der Waals surface area contributed by atoms with Crippen molar-refractivity contribution in [2.45, 2.75) is 52.0 Å². The first-order valence-electron chi connectivity index (χ1n) is 6.47. The van der Waals surface area contributed by atoms with Crippen molar-refractivity contribution < 1.29 is 0 Å². The monoisotopic (exact) mass is 217 g/mol. The molecule has 2 rings (SSSR count). The van der Waals surface area contributed by atoms with Crippen LogP contribution < -0.4 is 5.73 Å². The number of benzene rings is 1. The maximum Gasteiger partial charge on any atom is 0.00820 e. The zero-order valence-electron chi connectivity index (χ0n) is 10.5. The van der Waals surface area contributed by atoms with Crippen molar-refractivity contribution in [1.29, 1.82) is 0 Å². The molecule has 1 aromatic carbocycles. The van der Waals surface area contributed by atoms with Crippen LogP contribution in [0.4, 0.5) is 0 Å². The van der Waals surface area contributed by atoms with Crippen molar-refractivity contribution in [2.24, 2.45) is 11.7 Å². The highest BCUT2D eigenvalue weighted by Crippen LogP contribution is 2.30. The van der Waals surface area contributed by atoms with Crippen LogP contribution >= 0.6 is 0 Å². The molecule has 88 valence electrons. The first kappa shape index (κ1) is 11.7. The van der Waals surface area contributed by atoms with Crippen molar-refractivity contribution in [3.63, 3.8) is 0 Å². The fourth-order valence-electron chi connectivity index (χ4n) is 2.54. The Morgan fingerprint density at radius 3 is 2.69 bits per heavy atom. The van der Waals surface area contributed by atoms with E-state index in [4.69, 9.17) is 5.73 Å². The van der Waals surface area contributed by atoms with Crippen LogP contribution in [0, 0.1) is 19.8 Å². The van der Waals surface area contributed by atoms with Crippen molar-refractivity contribution >= 4 is 0 Å². The van der Waals surface area contributed by atoms with Gasteiger partial charge in [0.1, 0.15) is 0 Å². The summed E-state index contributed by atoms with van der Waals surface area (Å²) in [7, 11) is 0. The standard InChI is InChI=1S/C15H23N/c1-11-6-7-12(2)14(8-11)10-15(16)9-13-4-3-5-13/h6-8,13,15H,3-5,9-10,16H2,1-2H3. The third-order valence-electron chi connectivity index (χ3n) is 3.85. The van der Waals surface area contributed by atoms with Crippen LogP contribution in [-0.4, -0.2) is 6.04 Å². The zero-order chi connectivity index (χ0) is 11.5. The van der Waals surface area contributed by atoms with E-state index in [0.717, 1.165) is 12.3 Å². The van der Waals surface area contributed by atoms with E-state index in [1.54, 1.807) is 0 Å². The molecule has 1 aromatic rings. The second-order valence-corrected chi connectivity index (χ2v) is 5.43. The van der Waals surface area contributed by atoms with Crippen LogP contribution in [0.15, 0.2) is 18.2 Å². The highest BCUT2D eigenvalue weighted by molar-refractivity contribution is 5.31. The highest BCUT2D eigenvalue weighted by atomic mass is 14.6. The summed E-state index contributed by atoms with van der Waals surface area (Å²) >= 11 is 0. The van der Waals surface area contributed by atoms with Crippen LogP contribution in [0.25, 0.3) is 0 Å². The molecule has 2 N–H and O–H groups in total. The third-order valence-corrected chi connectivity index (χ3v) is 3.85. The van der Waals surface area contributed by atoms with Gasteiger partial charge in [0.2, 0.25) is 0 Å². The topological polar surface area (TPSA) is 26.0 Å². The lowest BCUT2D eigenvalue weighted by atomic mass is 9.80. The van der Waals surface area contributed by atoms with E-state index < -0.39 is 0 Å². The van der Waals surface area contributed by atoms with Crippen LogP contribution in [0.5, 0.6) is 0 Å². The minimum Gasteiger partial charge on any atom is -0.327 e. The van der Waals surface area contributed by atoms with E-state index in [1.807, 2.05) is 0 Å². The maximum atomic E-state index is 6.24. The lowest BCUT2D eigenvalue weighted by molar-refractivity contribution is 0.275. The fourth-order valence-corrected chi connectivity index (χ4v) is 2.54. The van der Waals surface area contributed by atoms with Gasteiger partial charge < -0.3 is 5.73 Å². The molecule has 0 saturated heterocycles. The van der Waals surface area contributed by atoms with Gasteiger partial charge in [0, 0.05) is 6.04 Å². The summed E-state index contributed by atoms with van der Waals surface area (Å²) in [5, 5.41) is 0. The molecule has 1 fully saturated rings. The van der Waals surface area contributed by atoms with Crippen molar-refractivity contribution in [3.05, 3.63) is 34.9 Å². The van der Waals surface area contributed by atoms with Crippen LogP contribution in [-0.2, 0) is 6.42 Å². The molecule has 1 unspecified atom stereocenters. The Bertz CT molecular complexity index is 352. The molecule has 1 aliphatic rings. The normalized spacial score (nSPS) is 18.2. The first-order valence-corrected chi connectivity index (χ1v) is 6.47. The Kier molecular flexibility index (Phi) is 3.65. The van der Waals surface area contributed by atoms with E-state index in [0.29, 0.717) is 6.04 Å². The van der Waals surface area contributed by atoms with E-state index >= 15 is 0 Å². The van der Waals surface area contributed by atoms with E-state index in [-0.39, 0.29) is 0 Å². The van der Waals surface area contributed by atoms with Gasteiger partial charge in [-0.3, -0.25) is 0 Å². The van der Waals surface area contributed by atoms with Crippen molar-refractivity contribution in [2.75, 3.05) is 0 Å². The van der Waals surface area contributed by atoms with Crippen LogP contribution in [0.2, 0.25) is 0 Å². The molecule has 0 aromatic heterocycles. The molecule has 0 heterocycles. The lowest BCUT2D eigenvalue weighted by Crippen LogP contribution is -2.28. The van der Waals surface area contributed by atoms with Crippen LogP contribution in [0.1, 0.15) is 42.4 Å². The highest BCUT2D eigenvalue weighted by Gasteiger charge is 2.20. The summed E-state index contributed by atoms with van der Waals surface area (Å²) in [5.74, 6) is 0.917. The average Bonchev–Trinajstić information content (AvgIpc) is 2.18. The Morgan fingerprint density at radius 1 is 1.31 bits per heavy atom. The Morgan fingerprint density at radius 2 is 2.06 bits per heavy atom. The van der Waals surface area contributed by atoms with Crippen LogP contribution in [0.3, 0.4) is 0 Å². The zero-order valence-corrected chi connectivity index (χ0v) is 10.5. The van der Waals surface area contributed by atoms with Gasteiger partial charge in [0.15, 0.2) is 0 Å². The first-order chi connectivity index (χ1) is 7.65. The molecular formula is C15H23N. The maximum absolute atomic E-state index is 6.24. The molecule has 16 heavy (non-hydrogen) atoms. The van der Waals surface area contributed by atoms with Gasteiger partial charge in [0.25, 0.3) is 0 Å². The summed E-state index contributed by atoms with van der Waals surface area (Å²) in [5.41, 5.74) is 10.4. The SMILES string of the molecule is Cc1ccc(C)c(CC(N)CC2CCC2)c1. The minimum absolute atomic E-state index is 0.353. The molecule has 0 spiro atoms. The second-order valence-electron chi connectivity index (χ2n) is 5.43. The summed E-state index contributed by atoms with van der Waals surface area (Å²) < 4.78 is 0. The number of aryl methyl sites for hydroxylation is 2. The molecular weight excluding hydrogens is 194 g/mol. The molecule has 0 bridgehead atoms. The molecule has 0 aliphatic heterocycles. The van der Waals surface area contributed by atoms with Gasteiger partial charge in [-0.15, -0.1) is 0 Å². The molecule has 1 heteroatoms. The van der Waals surface area contributed by atoms with Crippen molar-refractivity contribution in [3.8, 4) is 0 Å². The Balaban J connectivity index is 1.93. The number of hydrogen-bond acceptors (Lipinski definition) is 1. The summed E-state index contributed by atoms with van der Waals surface area (Å²) in [4.78, 5) is 0.